The predicted molar refractivity (Wildman–Crippen MR) is 67.6 cm³/mol. The van der Waals surface area contributed by atoms with E-state index in [1.807, 2.05) is 0 Å². The fourth-order valence-electron chi connectivity index (χ4n) is 4.74. The molecule has 4 nitrogen and oxygen atoms in total. The number of rotatable bonds is 0. The Morgan fingerprint density at radius 3 is 2.59 bits per heavy atom. The highest BCUT2D eigenvalue weighted by Crippen LogP contribution is 2.76. The molecule has 1 heterocycles. The van der Waals surface area contributed by atoms with Gasteiger partial charge in [0, 0.05) is 12.3 Å². The molecule has 1 amide bonds. The smallest absolute Gasteiger partial charge is 0.237 e. The van der Waals surface area contributed by atoms with Crippen molar-refractivity contribution in [3.63, 3.8) is 0 Å². The lowest BCUT2D eigenvalue weighted by Gasteiger charge is -2.39. The van der Waals surface area contributed by atoms with Gasteiger partial charge < -0.3 is 0 Å². The van der Waals surface area contributed by atoms with Crippen LogP contribution in [0.15, 0.2) is 0 Å². The van der Waals surface area contributed by atoms with Crippen molar-refractivity contribution in [1.29, 1.82) is 0 Å². The number of nitrogens with zero attached hydrogens (tertiary/aromatic N) is 1. The van der Waals surface area contributed by atoms with E-state index in [4.69, 9.17) is 0 Å². The van der Waals surface area contributed by atoms with E-state index in [0.29, 0.717) is 11.7 Å². The third kappa shape index (κ3) is 1.15. The third-order valence-corrected chi connectivity index (χ3v) is 7.79. The van der Waals surface area contributed by atoms with Crippen LogP contribution in [0.2, 0.25) is 0 Å². The molecule has 0 unspecified atom stereocenters. The molecule has 2 N–H and O–H groups in total. The van der Waals surface area contributed by atoms with Crippen LogP contribution in [0.1, 0.15) is 40.0 Å². The summed E-state index contributed by atoms with van der Waals surface area (Å²) in [6.07, 6.45) is 3.15. The fourth-order valence-corrected chi connectivity index (χ4v) is 7.39. The summed E-state index contributed by atoms with van der Waals surface area (Å²) >= 11 is 0. The second-order valence-electron chi connectivity index (χ2n) is 6.49. The van der Waals surface area contributed by atoms with Crippen molar-refractivity contribution in [3.05, 3.63) is 0 Å². The lowest BCUT2D eigenvalue weighted by Crippen LogP contribution is -2.42. The first-order chi connectivity index (χ1) is 7.72. The van der Waals surface area contributed by atoms with E-state index in [-0.39, 0.29) is 22.8 Å². The fraction of sp³-hybridized carbons (Fsp3) is 0.917. The van der Waals surface area contributed by atoms with Crippen molar-refractivity contribution in [1.82, 2.24) is 4.31 Å². The van der Waals surface area contributed by atoms with Crippen molar-refractivity contribution in [2.45, 2.75) is 46.1 Å². The molecule has 3 aliphatic rings. The van der Waals surface area contributed by atoms with E-state index in [1.54, 1.807) is 0 Å². The highest BCUT2D eigenvalue weighted by molar-refractivity contribution is 8.22. The summed E-state index contributed by atoms with van der Waals surface area (Å²) < 4.78 is 21.9. The Labute approximate surface area is 104 Å². The van der Waals surface area contributed by atoms with E-state index >= 15 is 0 Å². The summed E-state index contributed by atoms with van der Waals surface area (Å²) in [6.45, 7) is 5.93. The highest BCUT2D eigenvalue weighted by Gasteiger charge is 2.71. The van der Waals surface area contributed by atoms with E-state index in [9.17, 15) is 13.9 Å². The molecule has 0 radical (unpaired) electrons. The minimum atomic E-state index is -2.88. The molecule has 3 rings (SSSR count). The molecule has 0 aromatic carbocycles. The zero-order valence-corrected chi connectivity index (χ0v) is 11.5. The molecule has 2 saturated carbocycles. The third-order valence-electron chi connectivity index (χ3n) is 5.75. The maximum Gasteiger partial charge on any atom is 0.237 e. The molecule has 2 bridgehead atoms. The van der Waals surface area contributed by atoms with Crippen LogP contribution in [0.3, 0.4) is 0 Å². The van der Waals surface area contributed by atoms with Gasteiger partial charge in [0.15, 0.2) is 0 Å². The summed E-state index contributed by atoms with van der Waals surface area (Å²) in [5, 5.41) is 0. The Balaban J connectivity index is 2.09. The normalized spacial score (nSPS) is 47.0. The van der Waals surface area contributed by atoms with E-state index in [0.717, 1.165) is 12.8 Å². The van der Waals surface area contributed by atoms with Crippen LogP contribution in [0.5, 0.6) is 0 Å². The summed E-state index contributed by atoms with van der Waals surface area (Å²) in [4.78, 5) is 11.7. The molecule has 0 aromatic heterocycles. The zero-order chi connectivity index (χ0) is 12.6. The van der Waals surface area contributed by atoms with Crippen LogP contribution in [0.25, 0.3) is 0 Å². The first-order valence-electron chi connectivity index (χ1n) is 6.28. The standard InChI is InChI=1S/C12H21NO3S/c1-8(14)13-10-6-9-4-5-12(10,11(9,2)3)7-17(13,15)16/h9-10,15-16H,4-7H2,1-3H3/t9-,10-,12-/m1/s1. The van der Waals surface area contributed by atoms with Gasteiger partial charge in [-0.25, -0.2) is 4.31 Å². The van der Waals surface area contributed by atoms with Crippen molar-refractivity contribution in [2.75, 3.05) is 5.75 Å². The Morgan fingerprint density at radius 2 is 2.06 bits per heavy atom. The van der Waals surface area contributed by atoms with Gasteiger partial charge in [-0.2, -0.15) is 0 Å². The average Bonchev–Trinajstić information content (AvgIpc) is 2.62. The molecule has 2 aliphatic carbocycles. The lowest BCUT2D eigenvalue weighted by atomic mass is 9.69. The molecule has 17 heavy (non-hydrogen) atoms. The molecule has 1 saturated heterocycles. The van der Waals surface area contributed by atoms with Crippen molar-refractivity contribution >= 4 is 16.7 Å². The molecule has 1 spiro atoms. The van der Waals surface area contributed by atoms with Gasteiger partial charge in [-0.15, -0.1) is 10.8 Å². The summed E-state index contributed by atoms with van der Waals surface area (Å²) in [7, 11) is -2.88. The number of carbonyl (C=O) groups is 1. The van der Waals surface area contributed by atoms with Gasteiger partial charge in [0.25, 0.3) is 0 Å². The van der Waals surface area contributed by atoms with Crippen LogP contribution < -0.4 is 0 Å². The Hall–Kier alpha value is -0.260. The highest BCUT2D eigenvalue weighted by atomic mass is 32.3. The number of amides is 1. The molecular weight excluding hydrogens is 238 g/mol. The van der Waals surface area contributed by atoms with E-state index in [1.165, 1.54) is 17.6 Å². The van der Waals surface area contributed by atoms with E-state index in [2.05, 4.69) is 13.8 Å². The molecule has 1 aliphatic heterocycles. The second-order valence-corrected chi connectivity index (χ2v) is 8.43. The van der Waals surface area contributed by atoms with Gasteiger partial charge in [0.2, 0.25) is 5.91 Å². The SMILES string of the molecule is CC(=O)N1[C@@H]2C[C@H]3CC[C@]2(CS1(O)O)C3(C)C. The molecule has 3 atom stereocenters. The quantitative estimate of drug-likeness (QED) is 0.703. The minimum Gasteiger partial charge on any atom is -0.282 e. The summed E-state index contributed by atoms with van der Waals surface area (Å²) in [5.41, 5.74) is 0.0771. The van der Waals surface area contributed by atoms with Crippen LogP contribution in [0.4, 0.5) is 0 Å². The van der Waals surface area contributed by atoms with Gasteiger partial charge in [0.1, 0.15) is 0 Å². The number of fused-ring (bicyclic) bond motifs is 1. The molecule has 5 heteroatoms. The van der Waals surface area contributed by atoms with Gasteiger partial charge >= 0.3 is 0 Å². The maximum absolute atomic E-state index is 11.7. The number of hydrogen-bond acceptors (Lipinski definition) is 3. The minimum absolute atomic E-state index is 0.0534. The van der Waals surface area contributed by atoms with Crippen molar-refractivity contribution < 1.29 is 13.9 Å². The van der Waals surface area contributed by atoms with Gasteiger partial charge in [-0.1, -0.05) is 13.8 Å². The van der Waals surface area contributed by atoms with Gasteiger partial charge in [0.05, 0.1) is 11.8 Å². The largest absolute Gasteiger partial charge is 0.282 e. The Kier molecular flexibility index (Phi) is 2.09. The van der Waals surface area contributed by atoms with Crippen molar-refractivity contribution in [3.8, 4) is 0 Å². The predicted octanol–water partition coefficient (Wildman–Crippen LogP) is 2.71. The summed E-state index contributed by atoms with van der Waals surface area (Å²) in [5.74, 6) is 0.841. The van der Waals surface area contributed by atoms with Crippen LogP contribution >= 0.6 is 10.8 Å². The lowest BCUT2D eigenvalue weighted by molar-refractivity contribution is -0.127. The number of hydrogen-bond donors (Lipinski definition) is 2. The van der Waals surface area contributed by atoms with Crippen LogP contribution in [-0.2, 0) is 4.79 Å². The average molecular weight is 259 g/mol. The molecule has 98 valence electrons. The van der Waals surface area contributed by atoms with Crippen LogP contribution in [0, 0.1) is 16.7 Å². The molecule has 3 fully saturated rings. The van der Waals surface area contributed by atoms with E-state index < -0.39 is 10.8 Å². The van der Waals surface area contributed by atoms with Crippen molar-refractivity contribution in [2.24, 2.45) is 16.7 Å². The molecular formula is C12H21NO3S. The van der Waals surface area contributed by atoms with Crippen LogP contribution in [-0.4, -0.2) is 31.1 Å². The molecule has 0 aromatic rings. The zero-order valence-electron chi connectivity index (χ0n) is 10.6. The maximum atomic E-state index is 11.7. The first kappa shape index (κ1) is 11.8. The Morgan fingerprint density at radius 1 is 1.41 bits per heavy atom. The number of carbonyl (C=O) groups excluding carboxylic acids is 1. The summed E-state index contributed by atoms with van der Waals surface area (Å²) in [6, 6.07) is 0.0544. The topological polar surface area (TPSA) is 60.8 Å². The Bertz CT molecular complexity index is 395. The first-order valence-corrected chi connectivity index (χ1v) is 7.95. The van der Waals surface area contributed by atoms with Gasteiger partial charge in [-0.3, -0.25) is 13.9 Å². The monoisotopic (exact) mass is 259 g/mol. The van der Waals surface area contributed by atoms with Gasteiger partial charge in [-0.05, 0) is 30.6 Å². The second kappa shape index (κ2) is 3.00.